The molecule has 2 fully saturated rings. The summed E-state index contributed by atoms with van der Waals surface area (Å²) in [4.78, 5) is 53.3. The second kappa shape index (κ2) is 10.0. The highest BCUT2D eigenvalue weighted by Gasteiger charge is 2.53. The zero-order valence-corrected chi connectivity index (χ0v) is 21.0. The lowest BCUT2D eigenvalue weighted by Gasteiger charge is -2.28. The molecule has 2 aliphatic rings. The van der Waals surface area contributed by atoms with E-state index in [4.69, 9.17) is 4.74 Å². The van der Waals surface area contributed by atoms with Crippen molar-refractivity contribution in [2.75, 3.05) is 17.7 Å². The zero-order valence-electron chi connectivity index (χ0n) is 21.0. The Balaban J connectivity index is 1.49. The number of hydrogen-bond acceptors (Lipinski definition) is 5. The number of imide groups is 1. The highest BCUT2D eigenvalue weighted by Crippen LogP contribution is 2.38. The van der Waals surface area contributed by atoms with Gasteiger partial charge in [-0.15, -0.1) is 0 Å². The van der Waals surface area contributed by atoms with Gasteiger partial charge >= 0.3 is 12.1 Å². The molecule has 2 aromatic rings. The van der Waals surface area contributed by atoms with Crippen molar-refractivity contribution in [2.24, 2.45) is 5.92 Å². The maximum Gasteiger partial charge on any atom is 0.328 e. The molecule has 5 amide bonds. The van der Waals surface area contributed by atoms with Gasteiger partial charge in [0, 0.05) is 12.2 Å². The molecular formula is C27H32N4O5. The number of anilines is 2. The number of ether oxygens (including phenoxy) is 1. The van der Waals surface area contributed by atoms with Crippen LogP contribution in [0.15, 0.2) is 42.5 Å². The average Bonchev–Trinajstić information content (AvgIpc) is 3.65. The highest BCUT2D eigenvalue weighted by molar-refractivity contribution is 6.08. The van der Waals surface area contributed by atoms with Gasteiger partial charge in [0.25, 0.3) is 5.91 Å². The molecule has 0 spiro atoms. The molecule has 1 aliphatic carbocycles. The Hall–Kier alpha value is -3.88. The minimum atomic E-state index is -1.10. The van der Waals surface area contributed by atoms with Crippen LogP contribution in [-0.2, 0) is 16.1 Å². The maximum absolute atomic E-state index is 13.3. The van der Waals surface area contributed by atoms with Crippen molar-refractivity contribution in [3.8, 4) is 5.75 Å². The lowest BCUT2D eigenvalue weighted by molar-refractivity contribution is -0.135. The van der Waals surface area contributed by atoms with Crippen LogP contribution in [0.25, 0.3) is 0 Å². The summed E-state index contributed by atoms with van der Waals surface area (Å²) in [7, 11) is 1.49. The third-order valence-electron chi connectivity index (χ3n) is 6.86. The molecule has 9 heteroatoms. The Morgan fingerprint density at radius 3 is 2.47 bits per heavy atom. The number of benzene rings is 2. The molecule has 2 aromatic carbocycles. The molecule has 1 saturated heterocycles. The summed E-state index contributed by atoms with van der Waals surface area (Å²) in [5.74, 6) is 0.438. The number of amides is 5. The molecule has 1 atom stereocenters. The summed E-state index contributed by atoms with van der Waals surface area (Å²) in [6.07, 6.45) is 3.27. The van der Waals surface area contributed by atoms with Crippen molar-refractivity contribution in [1.82, 2.24) is 9.80 Å². The number of rotatable bonds is 9. The van der Waals surface area contributed by atoms with Crippen molar-refractivity contribution in [1.29, 1.82) is 0 Å². The van der Waals surface area contributed by atoms with Gasteiger partial charge in [-0.3, -0.25) is 9.69 Å². The smallest absolute Gasteiger partial charge is 0.328 e. The quantitative estimate of drug-likeness (QED) is 0.394. The fraction of sp³-hybridized carbons (Fsp3) is 0.407. The fourth-order valence-electron chi connectivity index (χ4n) is 4.45. The van der Waals surface area contributed by atoms with Crippen LogP contribution in [0.3, 0.4) is 0 Å². The summed E-state index contributed by atoms with van der Waals surface area (Å²) < 4.78 is 5.48. The van der Waals surface area contributed by atoms with Crippen molar-refractivity contribution in [3.63, 3.8) is 0 Å². The fourth-order valence-corrected chi connectivity index (χ4v) is 4.45. The minimum Gasteiger partial charge on any atom is -0.495 e. The Labute approximate surface area is 210 Å². The number of carbonyl (C=O) groups is 4. The van der Waals surface area contributed by atoms with Gasteiger partial charge < -0.3 is 25.1 Å². The number of hydrogen-bond donors (Lipinski definition) is 2. The van der Waals surface area contributed by atoms with Crippen LogP contribution in [0, 0.1) is 12.8 Å². The molecular weight excluding hydrogens is 460 g/mol. The van der Waals surface area contributed by atoms with E-state index in [0.29, 0.717) is 35.7 Å². The first kappa shape index (κ1) is 25.2. The molecule has 1 heterocycles. The van der Waals surface area contributed by atoms with Crippen LogP contribution >= 0.6 is 0 Å². The highest BCUT2D eigenvalue weighted by atomic mass is 16.5. The van der Waals surface area contributed by atoms with Gasteiger partial charge in [0.2, 0.25) is 0 Å². The van der Waals surface area contributed by atoms with E-state index >= 15 is 0 Å². The number of para-hydroxylation sites is 1. The summed E-state index contributed by atoms with van der Waals surface area (Å²) in [5.41, 5.74) is 1.72. The summed E-state index contributed by atoms with van der Waals surface area (Å²) in [5, 5.41) is 5.60. The summed E-state index contributed by atoms with van der Waals surface area (Å²) in [6, 6.07) is 11.0. The van der Waals surface area contributed by atoms with E-state index in [1.165, 1.54) is 12.0 Å². The van der Waals surface area contributed by atoms with Crippen molar-refractivity contribution < 1.29 is 23.9 Å². The lowest BCUT2D eigenvalue weighted by atomic mass is 10.0. The van der Waals surface area contributed by atoms with Crippen molar-refractivity contribution in [2.45, 2.75) is 58.2 Å². The van der Waals surface area contributed by atoms with E-state index in [1.807, 2.05) is 31.2 Å². The van der Waals surface area contributed by atoms with Gasteiger partial charge in [-0.05, 0) is 62.4 Å². The number of carbonyl (C=O) groups excluding carboxylic acids is 4. The number of urea groups is 2. The van der Waals surface area contributed by atoms with Crippen molar-refractivity contribution >= 4 is 35.6 Å². The molecule has 9 nitrogen and oxygen atoms in total. The summed E-state index contributed by atoms with van der Waals surface area (Å²) in [6.45, 7) is 5.43. The number of nitrogens with one attached hydrogen (secondary N) is 2. The second-order valence-electron chi connectivity index (χ2n) is 9.91. The topological polar surface area (TPSA) is 108 Å². The Morgan fingerprint density at radius 2 is 1.83 bits per heavy atom. The standard InChI is InChI=1S/C27H32N4O5/c1-17-7-5-6-8-21(17)28-25(34)29-22-12-11-19(14-23(22)36-4)15-30-26(35)31(24(33)27(30,2)3)20(16-32)13-18-9-10-18/h5-8,11-12,14,16,18,20H,9-10,13,15H2,1-4H3,(H2,28,29,34)/t20-/m0/s1. The normalized spacial score (nSPS) is 17.7. The number of aldehydes is 1. The number of nitrogens with zero attached hydrogens (tertiary/aromatic N) is 2. The molecule has 1 aliphatic heterocycles. The third kappa shape index (κ3) is 5.05. The Morgan fingerprint density at radius 1 is 1.14 bits per heavy atom. The van der Waals surface area contributed by atoms with Gasteiger partial charge in [0.1, 0.15) is 17.6 Å². The van der Waals surface area contributed by atoms with E-state index in [1.54, 1.807) is 32.0 Å². The van der Waals surface area contributed by atoms with Gasteiger partial charge in [-0.25, -0.2) is 9.59 Å². The lowest BCUT2D eigenvalue weighted by Crippen LogP contribution is -2.44. The molecule has 36 heavy (non-hydrogen) atoms. The first-order chi connectivity index (χ1) is 17.1. The maximum atomic E-state index is 13.3. The van der Waals surface area contributed by atoms with Crippen LogP contribution in [-0.4, -0.2) is 52.7 Å². The molecule has 0 unspecified atom stereocenters. The molecule has 4 rings (SSSR count). The van der Waals surface area contributed by atoms with E-state index in [-0.39, 0.29) is 12.5 Å². The van der Waals surface area contributed by atoms with Crippen LogP contribution < -0.4 is 15.4 Å². The van der Waals surface area contributed by atoms with E-state index in [9.17, 15) is 19.2 Å². The predicted molar refractivity (Wildman–Crippen MR) is 136 cm³/mol. The first-order valence-electron chi connectivity index (χ1n) is 12.1. The number of methoxy groups -OCH3 is 1. The second-order valence-corrected chi connectivity index (χ2v) is 9.91. The van der Waals surface area contributed by atoms with E-state index in [2.05, 4.69) is 10.6 Å². The van der Waals surface area contributed by atoms with Gasteiger partial charge in [0.15, 0.2) is 0 Å². The van der Waals surface area contributed by atoms with Crippen LogP contribution in [0.2, 0.25) is 0 Å². The van der Waals surface area contributed by atoms with Gasteiger partial charge in [-0.2, -0.15) is 0 Å². The van der Waals surface area contributed by atoms with Crippen LogP contribution in [0.4, 0.5) is 21.0 Å². The molecule has 1 saturated carbocycles. The molecule has 0 radical (unpaired) electrons. The Kier molecular flexibility index (Phi) is 7.01. The van der Waals surface area contributed by atoms with E-state index in [0.717, 1.165) is 28.9 Å². The Bertz CT molecular complexity index is 1190. The van der Waals surface area contributed by atoms with Crippen molar-refractivity contribution in [3.05, 3.63) is 53.6 Å². The summed E-state index contributed by atoms with van der Waals surface area (Å²) >= 11 is 0. The average molecular weight is 493 g/mol. The van der Waals surface area contributed by atoms with E-state index < -0.39 is 23.6 Å². The van der Waals surface area contributed by atoms with Crippen LogP contribution in [0.5, 0.6) is 5.75 Å². The molecule has 0 aromatic heterocycles. The SMILES string of the molecule is COc1cc(CN2C(=O)N([C@H](C=O)CC3CC3)C(=O)C2(C)C)ccc1NC(=O)Nc1ccccc1C. The molecule has 2 N–H and O–H groups in total. The molecule has 190 valence electrons. The molecule has 0 bridgehead atoms. The third-order valence-corrected chi connectivity index (χ3v) is 6.86. The largest absolute Gasteiger partial charge is 0.495 e. The number of aryl methyl sites for hydroxylation is 1. The zero-order chi connectivity index (χ0) is 26.0. The van der Waals surface area contributed by atoms with Gasteiger partial charge in [0.05, 0.1) is 18.8 Å². The minimum absolute atomic E-state index is 0.148. The predicted octanol–water partition coefficient (Wildman–Crippen LogP) is 4.56. The van der Waals surface area contributed by atoms with Gasteiger partial charge in [-0.1, -0.05) is 37.1 Å². The first-order valence-corrected chi connectivity index (χ1v) is 12.1. The monoisotopic (exact) mass is 492 g/mol. The van der Waals surface area contributed by atoms with Crippen LogP contribution in [0.1, 0.15) is 44.2 Å².